The lowest BCUT2D eigenvalue weighted by atomic mass is 10.0. The van der Waals surface area contributed by atoms with Crippen LogP contribution in [0.15, 0.2) is 0 Å². The van der Waals surface area contributed by atoms with Crippen molar-refractivity contribution in [2.45, 2.75) is 25.3 Å². The zero-order chi connectivity index (χ0) is 12.8. The van der Waals surface area contributed by atoms with Crippen LogP contribution in [-0.2, 0) is 4.79 Å². The Morgan fingerprint density at radius 3 is 2.38 bits per heavy atom. The van der Waals surface area contributed by atoms with E-state index in [1.807, 2.05) is 0 Å². The van der Waals surface area contributed by atoms with Crippen molar-refractivity contribution in [2.75, 3.05) is 52.9 Å². The number of likely N-dealkylation sites (N-methyl/N-ethyl adjacent to an activating group) is 1. The summed E-state index contributed by atoms with van der Waals surface area (Å²) in [6.07, 6.45) is 3.36. The molecule has 2 aliphatic heterocycles. The number of rotatable bonds is 4. The second-order valence-electron chi connectivity index (χ2n) is 5.44. The molecule has 1 amide bonds. The third-order valence-electron chi connectivity index (χ3n) is 3.95. The molecule has 0 unspecified atom stereocenters. The Kier molecular flexibility index (Phi) is 14.2. The lowest BCUT2D eigenvalue weighted by molar-refractivity contribution is -0.123. The van der Waals surface area contributed by atoms with Gasteiger partial charge in [0.05, 0.1) is 6.04 Å². The van der Waals surface area contributed by atoms with Gasteiger partial charge in [0.25, 0.3) is 0 Å². The summed E-state index contributed by atoms with van der Waals surface area (Å²) in [6.45, 7) is 7.25. The van der Waals surface area contributed by atoms with E-state index in [0.29, 0.717) is 0 Å². The van der Waals surface area contributed by atoms with Crippen LogP contribution < -0.4 is 10.6 Å². The standard InChI is InChI=1S/C13H26N4O.3ClH/c1-16-8-10-17(11-9-16)7-6-15-13(18)12-4-2-3-5-14-12;;;/h12,14H,2-11H2,1H3,(H,15,18);3*1H/t12-;;;/m1.../s1. The van der Waals surface area contributed by atoms with Gasteiger partial charge in [-0.1, -0.05) is 6.42 Å². The van der Waals surface area contributed by atoms with Crippen LogP contribution >= 0.6 is 37.2 Å². The number of carbonyl (C=O) groups is 1. The molecule has 0 aromatic carbocycles. The van der Waals surface area contributed by atoms with E-state index >= 15 is 0 Å². The van der Waals surface area contributed by atoms with Crippen molar-refractivity contribution < 1.29 is 4.79 Å². The Labute approximate surface area is 146 Å². The van der Waals surface area contributed by atoms with Gasteiger partial charge in [-0.2, -0.15) is 0 Å². The number of hydrogen-bond acceptors (Lipinski definition) is 4. The van der Waals surface area contributed by atoms with Crippen molar-refractivity contribution >= 4 is 43.1 Å². The van der Waals surface area contributed by atoms with Crippen LogP contribution in [0.2, 0.25) is 0 Å². The van der Waals surface area contributed by atoms with E-state index in [-0.39, 0.29) is 49.2 Å². The van der Waals surface area contributed by atoms with Crippen LogP contribution in [-0.4, -0.2) is 74.6 Å². The van der Waals surface area contributed by atoms with Crippen LogP contribution in [0.25, 0.3) is 0 Å². The second-order valence-corrected chi connectivity index (χ2v) is 5.44. The number of carbonyl (C=O) groups excluding carboxylic acids is 1. The maximum Gasteiger partial charge on any atom is 0.237 e. The van der Waals surface area contributed by atoms with Gasteiger partial charge >= 0.3 is 0 Å². The van der Waals surface area contributed by atoms with Gasteiger partial charge in [-0.15, -0.1) is 37.2 Å². The fourth-order valence-corrected chi connectivity index (χ4v) is 2.61. The summed E-state index contributed by atoms with van der Waals surface area (Å²) in [7, 11) is 2.16. The molecule has 2 heterocycles. The Balaban J connectivity index is 0. The number of piperazine rings is 1. The zero-order valence-electron chi connectivity index (χ0n) is 12.7. The minimum absolute atomic E-state index is 0. The molecule has 0 spiro atoms. The predicted octanol–water partition coefficient (Wildman–Crippen LogP) is 0.757. The zero-order valence-corrected chi connectivity index (χ0v) is 15.1. The molecule has 0 aromatic rings. The van der Waals surface area contributed by atoms with Gasteiger partial charge in [0.2, 0.25) is 5.91 Å². The molecule has 0 aliphatic carbocycles. The van der Waals surface area contributed by atoms with E-state index in [2.05, 4.69) is 27.5 Å². The molecule has 2 rings (SSSR count). The summed E-state index contributed by atoms with van der Waals surface area (Å²) < 4.78 is 0. The minimum atomic E-state index is 0. The second kappa shape index (κ2) is 12.7. The smallest absolute Gasteiger partial charge is 0.237 e. The monoisotopic (exact) mass is 362 g/mol. The van der Waals surface area contributed by atoms with Crippen molar-refractivity contribution in [1.82, 2.24) is 20.4 Å². The van der Waals surface area contributed by atoms with Gasteiger partial charge in [0.15, 0.2) is 0 Å². The number of halogens is 3. The average molecular weight is 364 g/mol. The average Bonchev–Trinajstić information content (AvgIpc) is 2.42. The van der Waals surface area contributed by atoms with E-state index in [4.69, 9.17) is 0 Å². The van der Waals surface area contributed by atoms with E-state index in [9.17, 15) is 4.79 Å². The van der Waals surface area contributed by atoms with Crippen molar-refractivity contribution in [3.05, 3.63) is 0 Å². The summed E-state index contributed by atoms with van der Waals surface area (Å²) in [4.78, 5) is 16.7. The van der Waals surface area contributed by atoms with Crippen LogP contribution in [0.4, 0.5) is 0 Å². The molecule has 2 aliphatic rings. The Hall–Kier alpha value is 0.220. The fourth-order valence-electron chi connectivity index (χ4n) is 2.61. The first-order chi connectivity index (χ1) is 8.75. The van der Waals surface area contributed by atoms with Gasteiger partial charge in [-0.05, 0) is 26.4 Å². The Morgan fingerprint density at radius 2 is 1.81 bits per heavy atom. The molecule has 0 saturated carbocycles. The Morgan fingerprint density at radius 1 is 1.14 bits per heavy atom. The molecule has 0 radical (unpaired) electrons. The highest BCUT2D eigenvalue weighted by molar-refractivity contribution is 5.86. The third kappa shape index (κ3) is 8.43. The maximum absolute atomic E-state index is 11.9. The normalized spacial score (nSPS) is 23.2. The summed E-state index contributed by atoms with van der Waals surface area (Å²) in [5.41, 5.74) is 0. The molecule has 128 valence electrons. The summed E-state index contributed by atoms with van der Waals surface area (Å²) >= 11 is 0. The lowest BCUT2D eigenvalue weighted by Crippen LogP contribution is -2.50. The van der Waals surface area contributed by atoms with Crippen molar-refractivity contribution in [1.29, 1.82) is 0 Å². The molecule has 5 nitrogen and oxygen atoms in total. The van der Waals surface area contributed by atoms with Gasteiger partial charge in [-0.3, -0.25) is 9.69 Å². The summed E-state index contributed by atoms with van der Waals surface area (Å²) in [5, 5.41) is 6.33. The molecule has 21 heavy (non-hydrogen) atoms. The van der Waals surface area contributed by atoms with Gasteiger partial charge in [-0.25, -0.2) is 0 Å². The van der Waals surface area contributed by atoms with E-state index in [1.54, 1.807) is 0 Å². The summed E-state index contributed by atoms with van der Waals surface area (Å²) in [5.74, 6) is 0.184. The highest BCUT2D eigenvalue weighted by atomic mass is 35.5. The lowest BCUT2D eigenvalue weighted by Gasteiger charge is -2.32. The largest absolute Gasteiger partial charge is 0.353 e. The topological polar surface area (TPSA) is 47.6 Å². The van der Waals surface area contributed by atoms with Crippen LogP contribution in [0.5, 0.6) is 0 Å². The van der Waals surface area contributed by atoms with Gasteiger partial charge < -0.3 is 15.5 Å². The maximum atomic E-state index is 11.9. The molecule has 8 heteroatoms. The quantitative estimate of drug-likeness (QED) is 0.774. The molecule has 0 aromatic heterocycles. The number of nitrogens with one attached hydrogen (secondary N) is 2. The highest BCUT2D eigenvalue weighted by Crippen LogP contribution is 2.06. The SMILES string of the molecule is CN1CCN(CCNC(=O)[C@H]2CCCCN2)CC1.Cl.Cl.Cl. The number of hydrogen-bond donors (Lipinski definition) is 2. The number of nitrogens with zero attached hydrogens (tertiary/aromatic N) is 2. The number of amides is 1. The van der Waals surface area contributed by atoms with Crippen molar-refractivity contribution in [2.24, 2.45) is 0 Å². The van der Waals surface area contributed by atoms with Gasteiger partial charge in [0.1, 0.15) is 0 Å². The molecule has 2 fully saturated rings. The van der Waals surface area contributed by atoms with Crippen molar-refractivity contribution in [3.8, 4) is 0 Å². The van der Waals surface area contributed by atoms with Gasteiger partial charge in [0, 0.05) is 39.3 Å². The first-order valence-corrected chi connectivity index (χ1v) is 7.18. The molecular weight excluding hydrogens is 335 g/mol. The minimum Gasteiger partial charge on any atom is -0.353 e. The number of piperidine rings is 1. The first kappa shape index (κ1) is 23.5. The molecule has 2 N–H and O–H groups in total. The predicted molar refractivity (Wildman–Crippen MR) is 94.3 cm³/mol. The first-order valence-electron chi connectivity index (χ1n) is 7.18. The Bertz CT molecular complexity index is 270. The highest BCUT2D eigenvalue weighted by Gasteiger charge is 2.20. The van der Waals surface area contributed by atoms with E-state index < -0.39 is 0 Å². The van der Waals surface area contributed by atoms with Crippen LogP contribution in [0.3, 0.4) is 0 Å². The molecule has 2 saturated heterocycles. The third-order valence-corrected chi connectivity index (χ3v) is 3.95. The molecule has 0 bridgehead atoms. The molecule has 1 atom stereocenters. The van der Waals surface area contributed by atoms with Crippen LogP contribution in [0, 0.1) is 0 Å². The fraction of sp³-hybridized carbons (Fsp3) is 0.923. The van der Waals surface area contributed by atoms with Crippen molar-refractivity contribution in [3.63, 3.8) is 0 Å². The molecular formula is C13H29Cl3N4O. The van der Waals surface area contributed by atoms with E-state index in [0.717, 1.165) is 52.2 Å². The van der Waals surface area contributed by atoms with Crippen LogP contribution in [0.1, 0.15) is 19.3 Å². The summed E-state index contributed by atoms with van der Waals surface area (Å²) in [6, 6.07) is 0.0474. The van der Waals surface area contributed by atoms with E-state index in [1.165, 1.54) is 12.8 Å².